The summed E-state index contributed by atoms with van der Waals surface area (Å²) in [5, 5.41) is 3.05. The summed E-state index contributed by atoms with van der Waals surface area (Å²) in [6.45, 7) is 11.0. The van der Waals surface area contributed by atoms with Gasteiger partial charge < -0.3 is 15.0 Å². The number of carbonyl (C=O) groups is 1. The fourth-order valence-electron chi connectivity index (χ4n) is 3.10. The fourth-order valence-corrected chi connectivity index (χ4v) is 3.10. The van der Waals surface area contributed by atoms with Crippen LogP contribution in [0.5, 0.6) is 0 Å². The van der Waals surface area contributed by atoms with Crippen LogP contribution >= 0.6 is 0 Å². The van der Waals surface area contributed by atoms with E-state index in [1.54, 1.807) is 6.20 Å². The number of benzene rings is 1. The van der Waals surface area contributed by atoms with Crippen LogP contribution in [0.4, 0.5) is 5.82 Å². The number of amides is 1. The van der Waals surface area contributed by atoms with Crippen LogP contribution in [0, 0.1) is 6.92 Å². The summed E-state index contributed by atoms with van der Waals surface area (Å²) < 4.78 is 5.44. The summed E-state index contributed by atoms with van der Waals surface area (Å²) >= 11 is 0. The van der Waals surface area contributed by atoms with E-state index in [-0.39, 0.29) is 11.4 Å². The maximum Gasteiger partial charge on any atom is 0.253 e. The van der Waals surface area contributed by atoms with Crippen molar-refractivity contribution in [1.29, 1.82) is 0 Å². The second kappa shape index (κ2) is 7.46. The van der Waals surface area contributed by atoms with Gasteiger partial charge in [-0.25, -0.2) is 4.98 Å². The van der Waals surface area contributed by atoms with E-state index in [2.05, 4.69) is 34.3 Å². The lowest BCUT2D eigenvalue weighted by molar-refractivity contribution is 0.0919. The number of ether oxygens (including phenoxy) is 1. The van der Waals surface area contributed by atoms with Crippen molar-refractivity contribution in [2.75, 3.05) is 31.2 Å². The van der Waals surface area contributed by atoms with E-state index >= 15 is 0 Å². The van der Waals surface area contributed by atoms with Crippen molar-refractivity contribution in [3.63, 3.8) is 0 Å². The van der Waals surface area contributed by atoms with Gasteiger partial charge in [-0.2, -0.15) is 0 Å². The van der Waals surface area contributed by atoms with Gasteiger partial charge in [-0.05, 0) is 50.5 Å². The first-order chi connectivity index (χ1) is 12.3. The molecule has 2 aromatic rings. The summed E-state index contributed by atoms with van der Waals surface area (Å²) in [5.74, 6) is 0.788. The van der Waals surface area contributed by atoms with Crippen LogP contribution in [0.1, 0.15) is 36.7 Å². The van der Waals surface area contributed by atoms with Gasteiger partial charge in [-0.1, -0.05) is 24.3 Å². The van der Waals surface area contributed by atoms with Crippen LogP contribution in [0.2, 0.25) is 0 Å². The molecule has 26 heavy (non-hydrogen) atoms. The number of nitrogens with one attached hydrogen (secondary N) is 1. The number of morpholine rings is 1. The topological polar surface area (TPSA) is 54.5 Å². The molecule has 0 aliphatic carbocycles. The number of hydrogen-bond acceptors (Lipinski definition) is 4. The summed E-state index contributed by atoms with van der Waals surface area (Å²) in [4.78, 5) is 19.7. The molecular formula is C21H27N3O2. The Morgan fingerprint density at radius 2 is 1.85 bits per heavy atom. The lowest BCUT2D eigenvalue weighted by atomic mass is 9.96. The van der Waals surface area contributed by atoms with E-state index in [0.717, 1.165) is 35.6 Å². The van der Waals surface area contributed by atoms with Gasteiger partial charge >= 0.3 is 0 Å². The molecule has 1 aliphatic rings. The third kappa shape index (κ3) is 4.22. The molecule has 0 spiro atoms. The van der Waals surface area contributed by atoms with Crippen LogP contribution in [-0.2, 0) is 4.74 Å². The largest absolute Gasteiger partial charge is 0.378 e. The van der Waals surface area contributed by atoms with Gasteiger partial charge in [0, 0.05) is 24.8 Å². The summed E-state index contributed by atoms with van der Waals surface area (Å²) in [6.07, 6.45) is 1.70. The molecule has 5 nitrogen and oxygen atoms in total. The van der Waals surface area contributed by atoms with Crippen molar-refractivity contribution in [2.24, 2.45) is 0 Å². The normalized spacial score (nSPS) is 15.0. The Balaban J connectivity index is 2.06. The minimum Gasteiger partial charge on any atom is -0.378 e. The van der Waals surface area contributed by atoms with E-state index < -0.39 is 0 Å². The Morgan fingerprint density at radius 1 is 1.15 bits per heavy atom. The molecule has 0 saturated carbocycles. The number of pyridine rings is 1. The highest BCUT2D eigenvalue weighted by atomic mass is 16.5. The second-order valence-electron chi connectivity index (χ2n) is 7.71. The van der Waals surface area contributed by atoms with Gasteiger partial charge in [0.15, 0.2) is 0 Å². The maximum absolute atomic E-state index is 12.9. The zero-order valence-electron chi connectivity index (χ0n) is 16.0. The van der Waals surface area contributed by atoms with E-state index in [0.29, 0.717) is 18.8 Å². The van der Waals surface area contributed by atoms with Crippen molar-refractivity contribution in [1.82, 2.24) is 10.3 Å². The molecule has 1 aromatic carbocycles. The summed E-state index contributed by atoms with van der Waals surface area (Å²) in [6, 6.07) is 10.2. The average molecular weight is 353 g/mol. The molecule has 1 fully saturated rings. The van der Waals surface area contributed by atoms with Crippen molar-refractivity contribution >= 4 is 11.7 Å². The highest BCUT2D eigenvalue weighted by molar-refractivity contribution is 6.01. The molecule has 2 heterocycles. The van der Waals surface area contributed by atoms with Gasteiger partial charge in [0.2, 0.25) is 0 Å². The molecule has 5 heteroatoms. The molecule has 3 rings (SSSR count). The highest BCUT2D eigenvalue weighted by Gasteiger charge is 2.22. The molecule has 1 aromatic heterocycles. The number of hydrogen-bond donors (Lipinski definition) is 1. The first kappa shape index (κ1) is 18.4. The van der Waals surface area contributed by atoms with Crippen molar-refractivity contribution < 1.29 is 9.53 Å². The lowest BCUT2D eigenvalue weighted by Crippen LogP contribution is -2.41. The molecule has 0 atom stereocenters. The van der Waals surface area contributed by atoms with Gasteiger partial charge in [0.1, 0.15) is 5.82 Å². The first-order valence-corrected chi connectivity index (χ1v) is 9.06. The zero-order chi connectivity index (χ0) is 18.7. The van der Waals surface area contributed by atoms with E-state index in [4.69, 9.17) is 4.74 Å². The molecular weight excluding hydrogens is 326 g/mol. The summed E-state index contributed by atoms with van der Waals surface area (Å²) in [7, 11) is 0. The third-order valence-electron chi connectivity index (χ3n) is 4.39. The van der Waals surface area contributed by atoms with Gasteiger partial charge in [0.05, 0.1) is 18.8 Å². The van der Waals surface area contributed by atoms with Crippen LogP contribution in [0.3, 0.4) is 0 Å². The predicted octanol–water partition coefficient (Wildman–Crippen LogP) is 3.42. The number of carbonyl (C=O) groups excluding carboxylic acids is 1. The Bertz CT molecular complexity index is 790. The molecule has 1 aliphatic heterocycles. The van der Waals surface area contributed by atoms with Crippen LogP contribution in [-0.4, -0.2) is 42.7 Å². The average Bonchev–Trinajstić information content (AvgIpc) is 2.61. The van der Waals surface area contributed by atoms with Gasteiger partial charge in [-0.15, -0.1) is 0 Å². The maximum atomic E-state index is 12.9. The molecule has 1 saturated heterocycles. The minimum atomic E-state index is -0.303. The second-order valence-corrected chi connectivity index (χ2v) is 7.71. The summed E-state index contributed by atoms with van der Waals surface area (Å²) in [5.41, 5.74) is 3.41. The quantitative estimate of drug-likeness (QED) is 0.919. The lowest BCUT2D eigenvalue weighted by Gasteiger charge is -2.29. The Kier molecular flexibility index (Phi) is 5.28. The Morgan fingerprint density at radius 3 is 2.50 bits per heavy atom. The van der Waals surface area contributed by atoms with Crippen LogP contribution in [0.25, 0.3) is 11.1 Å². The Labute approximate surface area is 155 Å². The Hall–Kier alpha value is -2.40. The van der Waals surface area contributed by atoms with E-state index in [1.807, 2.05) is 39.0 Å². The van der Waals surface area contributed by atoms with Crippen molar-refractivity contribution in [2.45, 2.75) is 33.2 Å². The third-order valence-corrected chi connectivity index (χ3v) is 4.39. The predicted molar refractivity (Wildman–Crippen MR) is 105 cm³/mol. The fraction of sp³-hybridized carbons (Fsp3) is 0.429. The molecule has 1 N–H and O–H groups in total. The van der Waals surface area contributed by atoms with Crippen LogP contribution in [0.15, 0.2) is 36.5 Å². The van der Waals surface area contributed by atoms with E-state index in [9.17, 15) is 4.79 Å². The number of aromatic nitrogens is 1. The van der Waals surface area contributed by atoms with Crippen molar-refractivity contribution in [3.8, 4) is 11.1 Å². The molecule has 0 radical (unpaired) electrons. The number of rotatable bonds is 3. The monoisotopic (exact) mass is 353 g/mol. The minimum absolute atomic E-state index is 0.100. The first-order valence-electron chi connectivity index (χ1n) is 9.06. The van der Waals surface area contributed by atoms with Gasteiger partial charge in [0.25, 0.3) is 5.91 Å². The smallest absolute Gasteiger partial charge is 0.253 e. The molecule has 0 bridgehead atoms. The van der Waals surface area contributed by atoms with E-state index in [1.165, 1.54) is 0 Å². The van der Waals surface area contributed by atoms with Crippen LogP contribution < -0.4 is 10.2 Å². The zero-order valence-corrected chi connectivity index (χ0v) is 16.0. The molecule has 1 amide bonds. The number of aryl methyl sites for hydroxylation is 1. The SMILES string of the molecule is Cc1ccccc1-c1cc(N2CCOCC2)ncc1C(=O)NC(C)(C)C. The molecule has 138 valence electrons. The van der Waals surface area contributed by atoms with Crippen molar-refractivity contribution in [3.05, 3.63) is 47.7 Å². The number of nitrogens with zero attached hydrogens (tertiary/aromatic N) is 2. The van der Waals surface area contributed by atoms with Gasteiger partial charge in [-0.3, -0.25) is 4.79 Å². The standard InChI is InChI=1S/C21H27N3O2/c1-15-7-5-6-8-16(15)17-13-19(24-9-11-26-12-10-24)22-14-18(17)20(25)23-21(2,3)4/h5-8,13-14H,9-12H2,1-4H3,(H,23,25). The highest BCUT2D eigenvalue weighted by Crippen LogP contribution is 2.30. The number of anilines is 1. The molecule has 0 unspecified atom stereocenters.